The Bertz CT molecular complexity index is 443. The van der Waals surface area contributed by atoms with Crippen LogP contribution in [0.25, 0.3) is 0 Å². The summed E-state index contributed by atoms with van der Waals surface area (Å²) in [5.74, 6) is 0.769. The van der Waals surface area contributed by atoms with Crippen LogP contribution < -0.4 is 0 Å². The standard InChI is InChI=1S/C16H20BrNO/c1-18(12-13-5-3-2-4-6-13)10-9-15(19)11-14-7-8-16(14)17/h2-6,9-10,14,16H,7-8,11-12H2,1H3/b10-9+. The molecule has 0 N–H and O–H groups in total. The molecular weight excluding hydrogens is 302 g/mol. The zero-order chi connectivity index (χ0) is 13.7. The van der Waals surface area contributed by atoms with Crippen LogP contribution in [0.1, 0.15) is 24.8 Å². The second kappa shape index (κ2) is 6.90. The van der Waals surface area contributed by atoms with Crippen LogP contribution in [-0.2, 0) is 11.3 Å². The van der Waals surface area contributed by atoms with Gasteiger partial charge >= 0.3 is 0 Å². The van der Waals surface area contributed by atoms with E-state index in [0.29, 0.717) is 17.2 Å². The Balaban J connectivity index is 1.76. The number of allylic oxidation sites excluding steroid dienone is 1. The van der Waals surface area contributed by atoms with E-state index in [9.17, 15) is 4.79 Å². The minimum Gasteiger partial charge on any atom is -0.376 e. The average molecular weight is 322 g/mol. The van der Waals surface area contributed by atoms with Crippen molar-refractivity contribution in [2.45, 2.75) is 30.6 Å². The van der Waals surface area contributed by atoms with Crippen LogP contribution in [0.15, 0.2) is 42.6 Å². The van der Waals surface area contributed by atoms with Crippen LogP contribution in [0.4, 0.5) is 0 Å². The summed E-state index contributed by atoms with van der Waals surface area (Å²) < 4.78 is 0. The molecule has 1 aromatic rings. The highest BCUT2D eigenvalue weighted by atomic mass is 79.9. The second-order valence-corrected chi connectivity index (χ2v) is 6.42. The van der Waals surface area contributed by atoms with Crippen LogP contribution >= 0.6 is 15.9 Å². The molecule has 0 spiro atoms. The van der Waals surface area contributed by atoms with Crippen molar-refractivity contribution in [3.8, 4) is 0 Å². The first-order chi connectivity index (χ1) is 9.15. The van der Waals surface area contributed by atoms with E-state index in [1.54, 1.807) is 6.08 Å². The molecule has 2 rings (SSSR count). The highest BCUT2D eigenvalue weighted by molar-refractivity contribution is 9.09. The third-order valence-corrected chi connectivity index (χ3v) is 4.78. The number of benzene rings is 1. The summed E-state index contributed by atoms with van der Waals surface area (Å²) >= 11 is 3.59. The monoisotopic (exact) mass is 321 g/mol. The predicted molar refractivity (Wildman–Crippen MR) is 82.1 cm³/mol. The summed E-state index contributed by atoms with van der Waals surface area (Å²) in [7, 11) is 1.99. The van der Waals surface area contributed by atoms with E-state index in [4.69, 9.17) is 0 Å². The highest BCUT2D eigenvalue weighted by Gasteiger charge is 2.29. The molecule has 1 saturated carbocycles. The van der Waals surface area contributed by atoms with Crippen LogP contribution in [0.3, 0.4) is 0 Å². The quantitative estimate of drug-likeness (QED) is 0.587. The van der Waals surface area contributed by atoms with Crippen molar-refractivity contribution in [2.24, 2.45) is 5.92 Å². The molecule has 2 nitrogen and oxygen atoms in total. The van der Waals surface area contributed by atoms with Gasteiger partial charge in [0, 0.05) is 31.0 Å². The number of nitrogens with zero attached hydrogens (tertiary/aromatic N) is 1. The molecule has 102 valence electrons. The molecule has 1 aromatic carbocycles. The van der Waals surface area contributed by atoms with Gasteiger partial charge in [0.2, 0.25) is 0 Å². The summed E-state index contributed by atoms with van der Waals surface area (Å²) in [5.41, 5.74) is 1.25. The molecular formula is C16H20BrNO. The molecule has 0 saturated heterocycles. The molecule has 0 aliphatic heterocycles. The highest BCUT2D eigenvalue weighted by Crippen LogP contribution is 2.36. The van der Waals surface area contributed by atoms with E-state index in [0.717, 1.165) is 6.54 Å². The minimum absolute atomic E-state index is 0.231. The maximum atomic E-state index is 11.8. The SMILES string of the molecule is CN(/C=C/C(=O)CC1CCC1Br)Cc1ccccc1. The van der Waals surface area contributed by atoms with Gasteiger partial charge in [-0.2, -0.15) is 0 Å². The maximum Gasteiger partial charge on any atom is 0.157 e. The Kier molecular flexibility index (Phi) is 5.20. The molecule has 1 aliphatic carbocycles. The number of rotatable bonds is 6. The maximum absolute atomic E-state index is 11.8. The lowest BCUT2D eigenvalue weighted by atomic mass is 9.81. The van der Waals surface area contributed by atoms with Crippen LogP contribution in [0.5, 0.6) is 0 Å². The molecule has 1 aliphatic rings. The van der Waals surface area contributed by atoms with Gasteiger partial charge in [0.05, 0.1) is 0 Å². The Morgan fingerprint density at radius 1 is 1.37 bits per heavy atom. The second-order valence-electron chi connectivity index (χ2n) is 5.24. The number of hydrogen-bond donors (Lipinski definition) is 0. The third kappa shape index (κ3) is 4.50. The molecule has 0 amide bonds. The number of hydrogen-bond acceptors (Lipinski definition) is 2. The average Bonchev–Trinajstić information content (AvgIpc) is 2.42. The molecule has 0 bridgehead atoms. The summed E-state index contributed by atoms with van der Waals surface area (Å²) in [6.07, 6.45) is 6.65. The number of carbonyl (C=O) groups is 1. The fourth-order valence-corrected chi connectivity index (χ4v) is 2.93. The molecule has 0 heterocycles. The largest absolute Gasteiger partial charge is 0.376 e. The number of alkyl halides is 1. The van der Waals surface area contributed by atoms with Crippen molar-refractivity contribution in [3.05, 3.63) is 48.2 Å². The van der Waals surface area contributed by atoms with Crippen molar-refractivity contribution in [3.63, 3.8) is 0 Å². The van der Waals surface area contributed by atoms with E-state index in [2.05, 4.69) is 28.1 Å². The van der Waals surface area contributed by atoms with Gasteiger partial charge in [-0.3, -0.25) is 4.79 Å². The van der Waals surface area contributed by atoms with Gasteiger partial charge in [-0.05, 0) is 30.4 Å². The fraction of sp³-hybridized carbons (Fsp3) is 0.438. The number of halogens is 1. The third-order valence-electron chi connectivity index (χ3n) is 3.58. The Labute approximate surface area is 123 Å². The predicted octanol–water partition coefficient (Wildman–Crippen LogP) is 3.76. The van der Waals surface area contributed by atoms with Crippen molar-refractivity contribution < 1.29 is 4.79 Å². The first-order valence-electron chi connectivity index (χ1n) is 6.74. The first kappa shape index (κ1) is 14.3. The van der Waals surface area contributed by atoms with Gasteiger partial charge in [0.25, 0.3) is 0 Å². The van der Waals surface area contributed by atoms with E-state index in [1.807, 2.05) is 36.3 Å². The summed E-state index contributed by atoms with van der Waals surface area (Å²) in [5, 5.41) is 0. The molecule has 1 fully saturated rings. The van der Waals surface area contributed by atoms with Crippen molar-refractivity contribution in [2.75, 3.05) is 7.05 Å². The summed E-state index contributed by atoms with van der Waals surface area (Å²) in [6.45, 7) is 0.828. The van der Waals surface area contributed by atoms with Gasteiger partial charge in [0.1, 0.15) is 0 Å². The molecule has 0 aromatic heterocycles. The number of ketones is 1. The van der Waals surface area contributed by atoms with Crippen LogP contribution in [0, 0.1) is 5.92 Å². The fourth-order valence-electron chi connectivity index (χ4n) is 2.22. The molecule has 19 heavy (non-hydrogen) atoms. The van der Waals surface area contributed by atoms with Gasteiger partial charge < -0.3 is 4.90 Å². The van der Waals surface area contributed by atoms with Crippen LogP contribution in [0.2, 0.25) is 0 Å². The summed E-state index contributed by atoms with van der Waals surface area (Å²) in [6, 6.07) is 10.3. The van der Waals surface area contributed by atoms with E-state index < -0.39 is 0 Å². The number of carbonyl (C=O) groups excluding carboxylic acids is 1. The van der Waals surface area contributed by atoms with Gasteiger partial charge in [0.15, 0.2) is 5.78 Å². The van der Waals surface area contributed by atoms with E-state index in [1.165, 1.54) is 18.4 Å². The molecule has 2 atom stereocenters. The zero-order valence-electron chi connectivity index (χ0n) is 11.3. The van der Waals surface area contributed by atoms with Crippen molar-refractivity contribution in [1.82, 2.24) is 4.90 Å². The van der Waals surface area contributed by atoms with Crippen molar-refractivity contribution >= 4 is 21.7 Å². The lowest BCUT2D eigenvalue weighted by Crippen LogP contribution is -2.27. The Hall–Kier alpha value is -1.09. The van der Waals surface area contributed by atoms with Gasteiger partial charge in [-0.25, -0.2) is 0 Å². The smallest absolute Gasteiger partial charge is 0.157 e. The van der Waals surface area contributed by atoms with E-state index in [-0.39, 0.29) is 5.78 Å². The molecule has 3 heteroatoms. The van der Waals surface area contributed by atoms with Gasteiger partial charge in [-0.15, -0.1) is 0 Å². The van der Waals surface area contributed by atoms with Crippen LogP contribution in [-0.4, -0.2) is 22.6 Å². The zero-order valence-corrected chi connectivity index (χ0v) is 12.8. The van der Waals surface area contributed by atoms with Crippen molar-refractivity contribution in [1.29, 1.82) is 0 Å². The first-order valence-corrected chi connectivity index (χ1v) is 7.66. The topological polar surface area (TPSA) is 20.3 Å². The summed E-state index contributed by atoms with van der Waals surface area (Å²) in [4.78, 5) is 14.4. The molecule has 0 radical (unpaired) electrons. The van der Waals surface area contributed by atoms with Gasteiger partial charge in [-0.1, -0.05) is 46.3 Å². The molecule has 2 unspecified atom stereocenters. The Morgan fingerprint density at radius 3 is 2.68 bits per heavy atom. The lowest BCUT2D eigenvalue weighted by molar-refractivity contribution is -0.116. The lowest BCUT2D eigenvalue weighted by Gasteiger charge is -2.31. The van der Waals surface area contributed by atoms with E-state index >= 15 is 0 Å². The minimum atomic E-state index is 0.231. The normalized spacial score (nSPS) is 22.2. The Morgan fingerprint density at radius 2 is 2.11 bits per heavy atom.